The van der Waals surface area contributed by atoms with E-state index in [0.29, 0.717) is 31.5 Å². The number of methoxy groups -OCH3 is 2. The predicted octanol–water partition coefficient (Wildman–Crippen LogP) is 2.82. The second kappa shape index (κ2) is 22.7. The first-order chi connectivity index (χ1) is 31.8. The van der Waals surface area contributed by atoms with Crippen LogP contribution >= 0.6 is 0 Å². The fourth-order valence-electron chi connectivity index (χ4n) is 10.4. The van der Waals surface area contributed by atoms with Crippen molar-refractivity contribution in [3.8, 4) is 0 Å². The number of aliphatic hydroxyl groups is 5. The van der Waals surface area contributed by atoms with Crippen LogP contribution in [0.4, 0.5) is 0 Å². The Balaban J connectivity index is 1.43. The Hall–Kier alpha value is -3.47. The molecule has 0 amide bonds. The van der Waals surface area contributed by atoms with Gasteiger partial charge in [0, 0.05) is 56.5 Å². The highest BCUT2D eigenvalue weighted by Crippen LogP contribution is 2.41. The van der Waals surface area contributed by atoms with E-state index in [4.69, 9.17) is 33.2 Å². The quantitative estimate of drug-likeness (QED) is 0.181. The van der Waals surface area contributed by atoms with Gasteiger partial charge in [0.1, 0.15) is 29.7 Å². The van der Waals surface area contributed by atoms with Gasteiger partial charge in [-0.1, -0.05) is 45.0 Å². The summed E-state index contributed by atoms with van der Waals surface area (Å²) in [6, 6.07) is 6.56. The van der Waals surface area contributed by atoms with E-state index in [2.05, 4.69) is 10.3 Å². The van der Waals surface area contributed by atoms with Crippen molar-refractivity contribution in [3.63, 3.8) is 0 Å². The summed E-state index contributed by atoms with van der Waals surface area (Å²) in [5.74, 6) is -5.68. The van der Waals surface area contributed by atoms with Gasteiger partial charge in [0.2, 0.25) is 0 Å². The molecule has 3 saturated heterocycles. The number of carbonyl (C=O) groups is 3. The number of aliphatic hydroxyl groups excluding tert-OH is 3. The van der Waals surface area contributed by atoms with Gasteiger partial charge in [-0.2, -0.15) is 0 Å². The number of cyclic esters (lactones) is 1. The summed E-state index contributed by atoms with van der Waals surface area (Å²) >= 11 is 0. The SMILES string of the molecule is CC[C@H]1OC(=O)[C@H](C)[C@@H](O[C@H]2C[C@@](C)(OC)[C@@H](O)[C@H](C)O2)[C@H](C)[C@@H](O[C@@H]2O[C@H](C)C[C@H](N(C)CCc3cn(Cc4ccc(C(=O)OC)cc4)nn3)[C@H]2O)[C@](C)(O)C[C@@H](C)C(=O)[C@H](C)[C@@H](O)[C@]1(C)O. The van der Waals surface area contributed by atoms with Gasteiger partial charge in [-0.15, -0.1) is 5.10 Å². The molecule has 4 heterocycles. The van der Waals surface area contributed by atoms with Crippen molar-refractivity contribution in [2.24, 2.45) is 23.7 Å². The van der Waals surface area contributed by atoms with Crippen molar-refractivity contribution in [1.82, 2.24) is 19.9 Å². The van der Waals surface area contributed by atoms with Gasteiger partial charge in [0.25, 0.3) is 0 Å². The Morgan fingerprint density at radius 2 is 1.59 bits per heavy atom. The van der Waals surface area contributed by atoms with Crippen molar-refractivity contribution in [3.05, 3.63) is 47.3 Å². The number of Topliss-reactive ketones (excluding diaryl/α,β-unsaturated/α-hetero) is 1. The van der Waals surface area contributed by atoms with E-state index >= 15 is 0 Å². The Morgan fingerprint density at radius 1 is 0.926 bits per heavy atom. The average Bonchev–Trinajstić information content (AvgIpc) is 3.75. The molecule has 0 spiro atoms. The topological polar surface area (TPSA) is 251 Å². The molecule has 0 bridgehead atoms. The van der Waals surface area contributed by atoms with Crippen molar-refractivity contribution in [1.29, 1.82) is 0 Å². The molecule has 3 aliphatic rings. The third-order valence-corrected chi connectivity index (χ3v) is 14.8. The fourth-order valence-corrected chi connectivity index (χ4v) is 10.4. The minimum absolute atomic E-state index is 0.0579. The molecule has 5 rings (SSSR count). The highest BCUT2D eigenvalue weighted by molar-refractivity contribution is 5.89. The van der Waals surface area contributed by atoms with E-state index in [1.807, 2.05) is 37.2 Å². The van der Waals surface area contributed by atoms with Crippen LogP contribution in [0, 0.1) is 23.7 Å². The Kier molecular flexibility index (Phi) is 18.5. The molecule has 3 aliphatic heterocycles. The molecule has 19 heteroatoms. The predicted molar refractivity (Wildman–Crippen MR) is 246 cm³/mol. The summed E-state index contributed by atoms with van der Waals surface area (Å²) in [6.07, 6.45) is -8.30. The number of likely N-dealkylation sites (N-methyl/N-ethyl adjacent to an activating group) is 1. The molecule has 384 valence electrons. The summed E-state index contributed by atoms with van der Waals surface area (Å²) in [5, 5.41) is 67.7. The lowest BCUT2D eigenvalue weighted by Crippen LogP contribution is -2.61. The first-order valence-electron chi connectivity index (χ1n) is 23.9. The molecule has 0 aliphatic carbocycles. The molecule has 1 aromatic carbocycles. The maximum atomic E-state index is 14.3. The van der Waals surface area contributed by atoms with Gasteiger partial charge in [-0.05, 0) is 85.5 Å². The maximum Gasteiger partial charge on any atom is 0.337 e. The van der Waals surface area contributed by atoms with E-state index in [1.54, 1.807) is 58.4 Å². The Bertz CT molecular complexity index is 1980. The molecule has 19 nitrogen and oxygen atoms in total. The van der Waals surface area contributed by atoms with Gasteiger partial charge in [-0.3, -0.25) is 9.59 Å². The van der Waals surface area contributed by atoms with Crippen LogP contribution in [0.2, 0.25) is 0 Å². The van der Waals surface area contributed by atoms with Crippen LogP contribution in [0.3, 0.4) is 0 Å². The molecule has 1 aromatic heterocycles. The second-order valence-electron chi connectivity index (χ2n) is 20.3. The number of benzene rings is 1. The smallest absolute Gasteiger partial charge is 0.337 e. The van der Waals surface area contributed by atoms with Crippen LogP contribution in [0.5, 0.6) is 0 Å². The lowest BCUT2D eigenvalue weighted by atomic mass is 9.74. The zero-order valence-electron chi connectivity index (χ0n) is 42.1. The molecule has 0 unspecified atom stereocenters. The maximum absolute atomic E-state index is 14.3. The summed E-state index contributed by atoms with van der Waals surface area (Å²) in [7, 11) is 4.69. The molecule has 0 saturated carbocycles. The van der Waals surface area contributed by atoms with Crippen LogP contribution in [0.15, 0.2) is 30.5 Å². The number of rotatable bonds is 13. The highest BCUT2D eigenvalue weighted by Gasteiger charge is 2.53. The fraction of sp³-hybridized carbons (Fsp3) is 0.776. The van der Waals surface area contributed by atoms with Crippen LogP contribution < -0.4 is 0 Å². The van der Waals surface area contributed by atoms with E-state index in [0.717, 1.165) is 11.3 Å². The van der Waals surface area contributed by atoms with Gasteiger partial charge in [-0.25, -0.2) is 9.48 Å². The average molecular weight is 963 g/mol. The monoisotopic (exact) mass is 963 g/mol. The van der Waals surface area contributed by atoms with Crippen LogP contribution in [0.1, 0.15) is 117 Å². The summed E-state index contributed by atoms with van der Waals surface area (Å²) in [6.45, 7) is 17.2. The van der Waals surface area contributed by atoms with Crippen molar-refractivity contribution < 1.29 is 73.1 Å². The normalized spacial score (nSPS) is 40.1. The lowest BCUT2D eigenvalue weighted by molar-refractivity contribution is -0.318. The standard InChI is InChI=1S/C49H78N4O15/c1-14-36-49(10,61)41(56)28(4)38(54)26(2)22-47(8,60)43(29(5)40(30(6)44(58)66-36)67-37-23-48(9,63-13)42(57)31(7)65-37)68-46-39(55)35(21-27(3)64-46)52(11)20-19-34-25-53(51-50-34)24-32-15-17-33(18-16-32)45(59)62-12/h15-18,25-31,35-37,39-43,46,55-57,60-61H,14,19-24H2,1-13H3/t26-,27-,28+,29+,30-,31+,35+,36-,37+,39-,40+,41-,42+,43-,46+,47-,48-,49-/m1/s1. The Labute approximate surface area is 400 Å². The molecular formula is C49H78N4O15. The first-order valence-corrected chi connectivity index (χ1v) is 23.9. The number of aromatic nitrogens is 3. The van der Waals surface area contributed by atoms with Crippen molar-refractivity contribution in [2.75, 3.05) is 27.8 Å². The van der Waals surface area contributed by atoms with Crippen molar-refractivity contribution >= 4 is 17.7 Å². The minimum atomic E-state index is -2.03. The zero-order valence-corrected chi connectivity index (χ0v) is 42.1. The molecule has 3 fully saturated rings. The van der Waals surface area contributed by atoms with Gasteiger partial charge < -0.3 is 63.6 Å². The molecule has 0 radical (unpaired) electrons. The summed E-state index contributed by atoms with van der Waals surface area (Å²) in [4.78, 5) is 42.3. The van der Waals surface area contributed by atoms with E-state index < -0.39 is 126 Å². The van der Waals surface area contributed by atoms with Crippen LogP contribution in [0.25, 0.3) is 0 Å². The summed E-state index contributed by atoms with van der Waals surface area (Å²) < 4.78 is 44.2. The number of nitrogens with zero attached hydrogens (tertiary/aromatic N) is 4. The number of carbonyl (C=O) groups excluding carboxylic acids is 3. The second-order valence-corrected chi connectivity index (χ2v) is 20.3. The van der Waals surface area contributed by atoms with Gasteiger partial charge in [0.05, 0.1) is 72.6 Å². The van der Waals surface area contributed by atoms with Crippen molar-refractivity contribution in [2.45, 2.75) is 192 Å². The van der Waals surface area contributed by atoms with E-state index in [-0.39, 0.29) is 19.3 Å². The number of hydrogen-bond acceptors (Lipinski definition) is 18. The van der Waals surface area contributed by atoms with E-state index in [9.17, 15) is 39.9 Å². The number of hydrogen-bond donors (Lipinski definition) is 5. The molecule has 2 aromatic rings. The minimum Gasteiger partial charge on any atom is -0.465 e. The highest BCUT2D eigenvalue weighted by atomic mass is 16.7. The number of ether oxygens (including phenoxy) is 7. The number of esters is 2. The molecule has 18 atom stereocenters. The first kappa shape index (κ1) is 55.5. The van der Waals surface area contributed by atoms with Gasteiger partial charge >= 0.3 is 11.9 Å². The largest absolute Gasteiger partial charge is 0.465 e. The van der Waals surface area contributed by atoms with Gasteiger partial charge in [0.15, 0.2) is 12.6 Å². The van der Waals surface area contributed by atoms with Crippen LogP contribution in [-0.4, -0.2) is 175 Å². The zero-order chi connectivity index (χ0) is 50.6. The lowest BCUT2D eigenvalue weighted by Gasteiger charge is -2.49. The number of ketones is 1. The Morgan fingerprint density at radius 3 is 2.21 bits per heavy atom. The van der Waals surface area contributed by atoms with E-state index in [1.165, 1.54) is 35.0 Å². The molecule has 68 heavy (non-hydrogen) atoms. The third-order valence-electron chi connectivity index (χ3n) is 14.8. The summed E-state index contributed by atoms with van der Waals surface area (Å²) in [5.41, 5.74) is -2.91. The molecular weight excluding hydrogens is 885 g/mol. The van der Waals surface area contributed by atoms with Crippen LogP contribution in [-0.2, 0) is 55.7 Å². The molecule has 5 N–H and O–H groups in total. The third kappa shape index (κ3) is 12.5.